The molecule has 1 aliphatic rings. The SMILES string of the molecule is CCc1cc(C)nc(C(C)(C)N2CCNCC2)n1. The van der Waals surface area contributed by atoms with Crippen LogP contribution in [-0.2, 0) is 12.0 Å². The second-order valence-corrected chi connectivity index (χ2v) is 5.47. The lowest BCUT2D eigenvalue weighted by atomic mass is 10.00. The van der Waals surface area contributed by atoms with Crippen LogP contribution in [0.2, 0.25) is 0 Å². The Morgan fingerprint density at radius 1 is 1.28 bits per heavy atom. The lowest BCUT2D eigenvalue weighted by Gasteiger charge is -2.40. The number of nitrogens with one attached hydrogen (secondary N) is 1. The van der Waals surface area contributed by atoms with Gasteiger partial charge in [0.05, 0.1) is 5.54 Å². The molecule has 100 valence electrons. The Morgan fingerprint density at radius 2 is 1.94 bits per heavy atom. The topological polar surface area (TPSA) is 41.1 Å². The third-order valence-electron chi connectivity index (χ3n) is 3.72. The second-order valence-electron chi connectivity index (χ2n) is 5.47. The minimum atomic E-state index is -0.0853. The van der Waals surface area contributed by atoms with E-state index >= 15 is 0 Å². The van der Waals surface area contributed by atoms with Gasteiger partial charge >= 0.3 is 0 Å². The molecule has 0 atom stereocenters. The molecule has 0 amide bonds. The highest BCUT2D eigenvalue weighted by molar-refractivity contribution is 5.14. The highest BCUT2D eigenvalue weighted by atomic mass is 15.3. The Labute approximate surface area is 110 Å². The summed E-state index contributed by atoms with van der Waals surface area (Å²) in [5.41, 5.74) is 2.12. The Bertz CT molecular complexity index is 408. The third-order valence-corrected chi connectivity index (χ3v) is 3.72. The van der Waals surface area contributed by atoms with Gasteiger partial charge in [-0.05, 0) is 33.3 Å². The van der Waals surface area contributed by atoms with Crippen LogP contribution in [0.3, 0.4) is 0 Å². The number of hydrogen-bond acceptors (Lipinski definition) is 4. The van der Waals surface area contributed by atoms with Crippen molar-refractivity contribution in [1.82, 2.24) is 20.2 Å². The number of nitrogens with zero attached hydrogens (tertiary/aromatic N) is 3. The molecule has 4 nitrogen and oxygen atoms in total. The summed E-state index contributed by atoms with van der Waals surface area (Å²) in [4.78, 5) is 11.9. The molecule has 2 heterocycles. The lowest BCUT2D eigenvalue weighted by Crippen LogP contribution is -2.52. The van der Waals surface area contributed by atoms with Gasteiger partial charge in [-0.2, -0.15) is 0 Å². The summed E-state index contributed by atoms with van der Waals surface area (Å²) in [7, 11) is 0. The van der Waals surface area contributed by atoms with Crippen LogP contribution >= 0.6 is 0 Å². The van der Waals surface area contributed by atoms with E-state index in [4.69, 9.17) is 4.98 Å². The minimum Gasteiger partial charge on any atom is -0.314 e. The highest BCUT2D eigenvalue weighted by Crippen LogP contribution is 2.25. The molecule has 18 heavy (non-hydrogen) atoms. The summed E-state index contributed by atoms with van der Waals surface area (Å²) in [5, 5.41) is 3.39. The maximum Gasteiger partial charge on any atom is 0.148 e. The van der Waals surface area contributed by atoms with Crippen molar-refractivity contribution in [3.8, 4) is 0 Å². The first-order valence-corrected chi connectivity index (χ1v) is 6.85. The van der Waals surface area contributed by atoms with Crippen LogP contribution in [0.5, 0.6) is 0 Å². The van der Waals surface area contributed by atoms with Crippen LogP contribution in [0.4, 0.5) is 0 Å². The van der Waals surface area contributed by atoms with E-state index in [9.17, 15) is 0 Å². The molecule has 1 saturated heterocycles. The van der Waals surface area contributed by atoms with Gasteiger partial charge in [0.25, 0.3) is 0 Å². The van der Waals surface area contributed by atoms with E-state index in [1.165, 1.54) is 0 Å². The van der Waals surface area contributed by atoms with E-state index in [0.29, 0.717) is 0 Å². The van der Waals surface area contributed by atoms with Crippen molar-refractivity contribution in [2.24, 2.45) is 0 Å². The van der Waals surface area contributed by atoms with E-state index in [0.717, 1.165) is 49.8 Å². The summed E-state index contributed by atoms with van der Waals surface area (Å²) in [6.07, 6.45) is 0.966. The molecule has 1 aromatic heterocycles. The Morgan fingerprint density at radius 3 is 2.56 bits per heavy atom. The van der Waals surface area contributed by atoms with Crippen LogP contribution in [0.15, 0.2) is 6.07 Å². The van der Waals surface area contributed by atoms with Gasteiger partial charge < -0.3 is 5.32 Å². The van der Waals surface area contributed by atoms with Gasteiger partial charge in [-0.15, -0.1) is 0 Å². The summed E-state index contributed by atoms with van der Waals surface area (Å²) in [5.74, 6) is 0.959. The average molecular weight is 248 g/mol. The predicted octanol–water partition coefficient (Wildman–Crippen LogP) is 1.49. The molecule has 0 radical (unpaired) electrons. The van der Waals surface area contributed by atoms with Crippen LogP contribution in [0.25, 0.3) is 0 Å². The molecule has 1 aliphatic heterocycles. The van der Waals surface area contributed by atoms with Crippen molar-refractivity contribution in [3.63, 3.8) is 0 Å². The van der Waals surface area contributed by atoms with Crippen molar-refractivity contribution in [3.05, 3.63) is 23.3 Å². The molecule has 1 aromatic rings. The van der Waals surface area contributed by atoms with E-state index in [1.807, 2.05) is 0 Å². The van der Waals surface area contributed by atoms with Crippen LogP contribution in [0, 0.1) is 6.92 Å². The molecule has 4 heteroatoms. The normalized spacial score (nSPS) is 18.0. The fourth-order valence-electron chi connectivity index (χ4n) is 2.45. The molecule has 1 N–H and O–H groups in total. The smallest absolute Gasteiger partial charge is 0.148 e. The molecule has 0 aromatic carbocycles. The van der Waals surface area contributed by atoms with E-state index in [-0.39, 0.29) is 5.54 Å². The maximum absolute atomic E-state index is 4.73. The minimum absolute atomic E-state index is 0.0853. The zero-order valence-electron chi connectivity index (χ0n) is 12.0. The summed E-state index contributed by atoms with van der Waals surface area (Å²) in [6, 6.07) is 2.08. The van der Waals surface area contributed by atoms with Gasteiger partial charge in [-0.1, -0.05) is 6.92 Å². The first-order valence-electron chi connectivity index (χ1n) is 6.85. The standard InChI is InChI=1S/C14H24N4/c1-5-12-10-11(2)16-13(17-12)14(3,4)18-8-6-15-7-9-18/h10,15H,5-9H2,1-4H3. The number of hydrogen-bond donors (Lipinski definition) is 1. The van der Waals surface area contributed by atoms with E-state index in [1.54, 1.807) is 0 Å². The fourth-order valence-corrected chi connectivity index (χ4v) is 2.45. The lowest BCUT2D eigenvalue weighted by molar-refractivity contribution is 0.0944. The maximum atomic E-state index is 4.73. The summed E-state index contributed by atoms with van der Waals surface area (Å²) in [6.45, 7) is 12.9. The van der Waals surface area contributed by atoms with E-state index < -0.39 is 0 Å². The first kappa shape index (κ1) is 13.4. The zero-order valence-corrected chi connectivity index (χ0v) is 12.0. The monoisotopic (exact) mass is 248 g/mol. The zero-order chi connectivity index (χ0) is 13.2. The van der Waals surface area contributed by atoms with E-state index in [2.05, 4.69) is 49.0 Å². The predicted molar refractivity (Wildman–Crippen MR) is 73.6 cm³/mol. The van der Waals surface area contributed by atoms with Gasteiger partial charge in [0.2, 0.25) is 0 Å². The Balaban J connectivity index is 2.30. The molecule has 1 fully saturated rings. The van der Waals surface area contributed by atoms with Gasteiger partial charge in [-0.3, -0.25) is 4.90 Å². The first-order chi connectivity index (χ1) is 8.54. The number of rotatable bonds is 3. The van der Waals surface area contributed by atoms with Gasteiger partial charge in [0, 0.05) is 37.6 Å². The number of piperazine rings is 1. The summed E-state index contributed by atoms with van der Waals surface area (Å²) >= 11 is 0. The van der Waals surface area contributed by atoms with Crippen molar-refractivity contribution in [2.75, 3.05) is 26.2 Å². The van der Waals surface area contributed by atoms with Gasteiger partial charge in [0.1, 0.15) is 5.82 Å². The molecule has 0 aliphatic carbocycles. The Kier molecular flexibility index (Phi) is 3.97. The molecular weight excluding hydrogens is 224 g/mol. The number of aromatic nitrogens is 2. The highest BCUT2D eigenvalue weighted by Gasteiger charge is 2.32. The van der Waals surface area contributed by atoms with Crippen molar-refractivity contribution < 1.29 is 0 Å². The molecule has 0 bridgehead atoms. The van der Waals surface area contributed by atoms with Crippen LogP contribution < -0.4 is 5.32 Å². The van der Waals surface area contributed by atoms with Gasteiger partial charge in [0.15, 0.2) is 0 Å². The van der Waals surface area contributed by atoms with Crippen molar-refractivity contribution in [2.45, 2.75) is 39.7 Å². The fraction of sp³-hybridized carbons (Fsp3) is 0.714. The molecule has 0 spiro atoms. The summed E-state index contributed by atoms with van der Waals surface area (Å²) < 4.78 is 0. The third kappa shape index (κ3) is 2.70. The molecule has 0 unspecified atom stereocenters. The van der Waals surface area contributed by atoms with Crippen LogP contribution in [-0.4, -0.2) is 41.0 Å². The van der Waals surface area contributed by atoms with Crippen molar-refractivity contribution in [1.29, 1.82) is 0 Å². The number of aryl methyl sites for hydroxylation is 2. The van der Waals surface area contributed by atoms with Crippen molar-refractivity contribution >= 4 is 0 Å². The Hall–Kier alpha value is -1.00. The average Bonchev–Trinajstić information content (AvgIpc) is 2.39. The van der Waals surface area contributed by atoms with Gasteiger partial charge in [-0.25, -0.2) is 9.97 Å². The van der Waals surface area contributed by atoms with Crippen LogP contribution in [0.1, 0.15) is 38.0 Å². The molecule has 0 saturated carbocycles. The second kappa shape index (κ2) is 5.33. The molecular formula is C14H24N4. The molecule has 2 rings (SSSR count). The largest absolute Gasteiger partial charge is 0.314 e. The quantitative estimate of drug-likeness (QED) is 0.880.